The summed E-state index contributed by atoms with van der Waals surface area (Å²) in [6, 6.07) is 10.6. The fourth-order valence-electron chi connectivity index (χ4n) is 2.02. The van der Waals surface area contributed by atoms with Crippen molar-refractivity contribution in [2.24, 2.45) is 0 Å². The van der Waals surface area contributed by atoms with Crippen LogP contribution in [0.1, 0.15) is 0 Å². The number of imide groups is 1. The van der Waals surface area contributed by atoms with Crippen LogP contribution in [0.4, 0.5) is 25.0 Å². The summed E-state index contributed by atoms with van der Waals surface area (Å²) in [4.78, 5) is 25.3. The van der Waals surface area contributed by atoms with Gasteiger partial charge in [-0.2, -0.15) is 0 Å². The maximum absolute atomic E-state index is 12.9. The van der Waals surface area contributed by atoms with Gasteiger partial charge in [-0.3, -0.25) is 9.59 Å². The molecule has 0 spiro atoms. The summed E-state index contributed by atoms with van der Waals surface area (Å²) in [5.74, 6) is -1.29. The molecule has 1 fully saturated rings. The lowest BCUT2D eigenvalue weighted by Gasteiger charge is -2.14. The second-order valence-electron chi connectivity index (χ2n) is 4.57. The van der Waals surface area contributed by atoms with Gasteiger partial charge < -0.3 is 5.32 Å². The van der Waals surface area contributed by atoms with Crippen LogP contribution in [-0.2, 0) is 4.79 Å². The Morgan fingerprint density at radius 1 is 0.909 bits per heavy atom. The predicted octanol–water partition coefficient (Wildman–Crippen LogP) is 3.60. The van der Waals surface area contributed by atoms with Gasteiger partial charge in [0.15, 0.2) is 5.37 Å². The van der Waals surface area contributed by atoms with Gasteiger partial charge in [0, 0.05) is 5.69 Å². The monoisotopic (exact) mass is 320 g/mol. The summed E-state index contributed by atoms with van der Waals surface area (Å²) in [5, 5.41) is 1.62. The van der Waals surface area contributed by atoms with Crippen molar-refractivity contribution < 1.29 is 18.4 Å². The number of anilines is 2. The minimum Gasteiger partial charge on any atom is -0.365 e. The topological polar surface area (TPSA) is 49.4 Å². The Morgan fingerprint density at radius 2 is 1.45 bits per heavy atom. The van der Waals surface area contributed by atoms with Crippen molar-refractivity contribution >= 4 is 34.3 Å². The van der Waals surface area contributed by atoms with Gasteiger partial charge >= 0.3 is 0 Å². The summed E-state index contributed by atoms with van der Waals surface area (Å²) < 4.78 is 25.8. The lowest BCUT2D eigenvalue weighted by atomic mass is 10.2. The van der Waals surface area contributed by atoms with Crippen molar-refractivity contribution in [2.75, 3.05) is 10.2 Å². The van der Waals surface area contributed by atoms with E-state index < -0.39 is 22.3 Å². The number of amides is 2. The fraction of sp³-hybridized carbons (Fsp3) is 0.0667. The number of thioether (sulfide) groups is 1. The van der Waals surface area contributed by atoms with Crippen LogP contribution in [0.25, 0.3) is 0 Å². The Bertz CT molecular complexity index is 719. The van der Waals surface area contributed by atoms with Gasteiger partial charge in [0.25, 0.3) is 11.1 Å². The molecule has 1 aliphatic rings. The molecule has 22 heavy (non-hydrogen) atoms. The average Bonchev–Trinajstić information content (AvgIpc) is 2.77. The van der Waals surface area contributed by atoms with E-state index in [1.807, 2.05) is 0 Å². The molecule has 1 saturated heterocycles. The normalized spacial score (nSPS) is 17.9. The maximum Gasteiger partial charge on any atom is 0.295 e. The van der Waals surface area contributed by atoms with E-state index in [1.54, 1.807) is 0 Å². The van der Waals surface area contributed by atoms with E-state index in [1.165, 1.54) is 48.5 Å². The van der Waals surface area contributed by atoms with Crippen molar-refractivity contribution in [1.82, 2.24) is 0 Å². The molecule has 1 N–H and O–H groups in total. The summed E-state index contributed by atoms with van der Waals surface area (Å²) >= 11 is 0.819. The van der Waals surface area contributed by atoms with Crippen LogP contribution in [-0.4, -0.2) is 16.5 Å². The largest absolute Gasteiger partial charge is 0.365 e. The Labute approximate surface area is 129 Å². The van der Waals surface area contributed by atoms with Crippen molar-refractivity contribution in [1.29, 1.82) is 0 Å². The molecule has 0 saturated carbocycles. The number of nitrogens with one attached hydrogen (secondary N) is 1. The van der Waals surface area contributed by atoms with E-state index in [-0.39, 0.29) is 5.82 Å². The molecule has 112 valence electrons. The van der Waals surface area contributed by atoms with Gasteiger partial charge in [0.2, 0.25) is 0 Å². The molecule has 3 rings (SSSR count). The van der Waals surface area contributed by atoms with Crippen LogP contribution < -0.4 is 10.2 Å². The van der Waals surface area contributed by atoms with E-state index in [2.05, 4.69) is 5.32 Å². The van der Waals surface area contributed by atoms with Crippen LogP contribution in [0, 0.1) is 11.6 Å². The van der Waals surface area contributed by atoms with Gasteiger partial charge in [-0.1, -0.05) is 0 Å². The van der Waals surface area contributed by atoms with Gasteiger partial charge in [-0.25, -0.2) is 13.7 Å². The zero-order valence-electron chi connectivity index (χ0n) is 11.1. The van der Waals surface area contributed by atoms with Crippen molar-refractivity contribution in [3.8, 4) is 0 Å². The SMILES string of the molecule is O=C1SC(Nc2ccc(F)cc2)C(=O)N1c1ccc(F)cc1. The van der Waals surface area contributed by atoms with Crippen LogP contribution in [0.3, 0.4) is 0 Å². The molecule has 2 amide bonds. The molecule has 1 aliphatic heterocycles. The highest BCUT2D eigenvalue weighted by atomic mass is 32.2. The molecule has 0 aromatic heterocycles. The predicted molar refractivity (Wildman–Crippen MR) is 80.7 cm³/mol. The molecule has 1 heterocycles. The highest BCUT2D eigenvalue weighted by molar-refractivity contribution is 8.16. The number of hydrogen-bond acceptors (Lipinski definition) is 4. The second kappa shape index (κ2) is 5.76. The lowest BCUT2D eigenvalue weighted by Crippen LogP contribution is -2.34. The third-order valence-electron chi connectivity index (χ3n) is 3.07. The van der Waals surface area contributed by atoms with E-state index in [4.69, 9.17) is 0 Å². The number of hydrogen-bond donors (Lipinski definition) is 1. The number of benzene rings is 2. The Kier molecular flexibility index (Phi) is 3.81. The first-order chi connectivity index (χ1) is 10.5. The standard InChI is InChI=1S/C15H10F2N2O2S/c16-9-1-5-11(6-2-9)18-13-14(20)19(15(21)22-13)12-7-3-10(17)4-8-12/h1-8,13,18H. The van der Waals surface area contributed by atoms with Crippen molar-refractivity contribution in [3.63, 3.8) is 0 Å². The number of halogens is 2. The summed E-state index contributed by atoms with van der Waals surface area (Å²) in [6.45, 7) is 0. The Balaban J connectivity index is 1.79. The first-order valence-electron chi connectivity index (χ1n) is 6.37. The first-order valence-corrected chi connectivity index (χ1v) is 7.25. The molecule has 2 aromatic rings. The summed E-state index contributed by atoms with van der Waals surface area (Å²) in [5.41, 5.74) is 0.841. The molecule has 1 unspecified atom stereocenters. The van der Waals surface area contributed by atoms with E-state index >= 15 is 0 Å². The van der Waals surface area contributed by atoms with E-state index in [0.29, 0.717) is 11.4 Å². The van der Waals surface area contributed by atoms with Crippen LogP contribution in [0.2, 0.25) is 0 Å². The number of carbonyl (C=O) groups is 2. The molecular formula is C15H10F2N2O2S. The molecule has 0 bridgehead atoms. The van der Waals surface area contributed by atoms with Crippen molar-refractivity contribution in [2.45, 2.75) is 5.37 Å². The van der Waals surface area contributed by atoms with E-state index in [9.17, 15) is 18.4 Å². The van der Waals surface area contributed by atoms with Crippen LogP contribution >= 0.6 is 11.8 Å². The van der Waals surface area contributed by atoms with Crippen LogP contribution in [0.5, 0.6) is 0 Å². The lowest BCUT2D eigenvalue weighted by molar-refractivity contribution is -0.116. The van der Waals surface area contributed by atoms with E-state index in [0.717, 1.165) is 16.7 Å². The molecule has 0 aliphatic carbocycles. The maximum atomic E-state index is 12.9. The minimum atomic E-state index is -0.803. The number of nitrogens with zero attached hydrogens (tertiary/aromatic N) is 1. The third kappa shape index (κ3) is 2.80. The average molecular weight is 320 g/mol. The molecule has 4 nitrogen and oxygen atoms in total. The quantitative estimate of drug-likeness (QED) is 0.939. The Morgan fingerprint density at radius 3 is 2.05 bits per heavy atom. The Hall–Kier alpha value is -2.41. The molecule has 0 radical (unpaired) electrons. The molecule has 2 aromatic carbocycles. The number of rotatable bonds is 3. The molecular weight excluding hydrogens is 310 g/mol. The van der Waals surface area contributed by atoms with Gasteiger partial charge in [0.1, 0.15) is 11.6 Å². The zero-order valence-corrected chi connectivity index (χ0v) is 11.9. The summed E-state index contributed by atoms with van der Waals surface area (Å²) in [6.07, 6.45) is 0. The fourth-order valence-corrected chi connectivity index (χ4v) is 2.93. The second-order valence-corrected chi connectivity index (χ2v) is 5.62. The van der Waals surface area contributed by atoms with Gasteiger partial charge in [0.05, 0.1) is 5.69 Å². The first kappa shape index (κ1) is 14.5. The van der Waals surface area contributed by atoms with Crippen LogP contribution in [0.15, 0.2) is 48.5 Å². The molecule has 1 atom stereocenters. The van der Waals surface area contributed by atoms with Gasteiger partial charge in [-0.15, -0.1) is 0 Å². The third-order valence-corrected chi connectivity index (χ3v) is 4.01. The number of carbonyl (C=O) groups excluding carboxylic acids is 2. The highest BCUT2D eigenvalue weighted by Crippen LogP contribution is 2.32. The smallest absolute Gasteiger partial charge is 0.295 e. The van der Waals surface area contributed by atoms with Gasteiger partial charge in [-0.05, 0) is 60.3 Å². The zero-order chi connectivity index (χ0) is 15.7. The summed E-state index contributed by atoms with van der Waals surface area (Å²) in [7, 11) is 0. The molecule has 7 heteroatoms. The van der Waals surface area contributed by atoms with Crippen molar-refractivity contribution in [3.05, 3.63) is 60.2 Å². The minimum absolute atomic E-state index is 0.312. The highest BCUT2D eigenvalue weighted by Gasteiger charge is 2.40.